The molecule has 0 spiro atoms. The minimum absolute atomic E-state index is 0.0926. The fourth-order valence-electron chi connectivity index (χ4n) is 1.84. The lowest BCUT2D eigenvalue weighted by Crippen LogP contribution is -2.47. The largest absolute Gasteiger partial charge is 0.368 e. The van der Waals surface area contributed by atoms with Gasteiger partial charge in [0.15, 0.2) is 0 Å². The van der Waals surface area contributed by atoms with E-state index in [4.69, 9.17) is 11.6 Å². The first-order chi connectivity index (χ1) is 9.76. The highest BCUT2D eigenvalue weighted by Crippen LogP contribution is 2.17. The van der Waals surface area contributed by atoms with Crippen LogP contribution in [0.4, 0.5) is 5.82 Å². The van der Waals surface area contributed by atoms with Crippen LogP contribution in [-0.4, -0.2) is 22.8 Å². The average Bonchev–Trinajstić information content (AvgIpc) is 2.42. The number of hydrogen-bond acceptors (Lipinski definition) is 5. The normalized spacial score (nSPS) is 12.3. The first-order valence-corrected chi connectivity index (χ1v) is 6.85. The van der Waals surface area contributed by atoms with Crippen LogP contribution in [0.25, 0.3) is 0 Å². The molecular formula is C14H23N5O2. The van der Waals surface area contributed by atoms with Crippen LogP contribution in [0.3, 0.4) is 0 Å². The molecule has 2 amide bonds. The number of amides is 2. The predicted octanol–water partition coefficient (Wildman–Crippen LogP) is 0.730. The Kier molecular flexibility index (Phi) is 5.66. The van der Waals surface area contributed by atoms with E-state index in [0.717, 1.165) is 5.69 Å². The van der Waals surface area contributed by atoms with Gasteiger partial charge in [-0.15, -0.1) is 0 Å². The van der Waals surface area contributed by atoms with E-state index in [2.05, 4.69) is 15.7 Å². The second kappa shape index (κ2) is 7.03. The zero-order valence-corrected chi connectivity index (χ0v) is 12.8. The minimum atomic E-state index is -0.720. The number of rotatable bonds is 6. The molecule has 116 valence electrons. The van der Waals surface area contributed by atoms with Gasteiger partial charge in [0.1, 0.15) is 11.9 Å². The molecule has 7 heteroatoms. The maximum absolute atomic E-state index is 12.3. The van der Waals surface area contributed by atoms with Crippen molar-refractivity contribution in [1.29, 1.82) is 0 Å². The molecule has 21 heavy (non-hydrogen) atoms. The van der Waals surface area contributed by atoms with Crippen LogP contribution in [-0.2, 0) is 4.79 Å². The van der Waals surface area contributed by atoms with Crippen molar-refractivity contribution in [2.45, 2.75) is 39.7 Å². The Morgan fingerprint density at radius 1 is 1.19 bits per heavy atom. The molecule has 0 aromatic carbocycles. The molecule has 0 saturated heterocycles. The first-order valence-electron chi connectivity index (χ1n) is 6.85. The van der Waals surface area contributed by atoms with E-state index in [-0.39, 0.29) is 17.7 Å². The van der Waals surface area contributed by atoms with Crippen LogP contribution in [0.15, 0.2) is 12.1 Å². The van der Waals surface area contributed by atoms with Gasteiger partial charge in [0.2, 0.25) is 5.91 Å². The maximum Gasteiger partial charge on any atom is 0.252 e. The van der Waals surface area contributed by atoms with Crippen LogP contribution in [0.5, 0.6) is 0 Å². The van der Waals surface area contributed by atoms with Gasteiger partial charge in [-0.3, -0.25) is 9.59 Å². The summed E-state index contributed by atoms with van der Waals surface area (Å²) < 4.78 is 0. The molecule has 1 rings (SSSR count). The Morgan fingerprint density at radius 3 is 2.24 bits per heavy atom. The van der Waals surface area contributed by atoms with Gasteiger partial charge < -0.3 is 16.5 Å². The van der Waals surface area contributed by atoms with Gasteiger partial charge in [0.05, 0.1) is 0 Å². The molecule has 0 radical (unpaired) electrons. The Morgan fingerprint density at radius 2 is 1.81 bits per heavy atom. The van der Waals surface area contributed by atoms with Gasteiger partial charge in [-0.25, -0.2) is 10.8 Å². The van der Waals surface area contributed by atoms with Crippen molar-refractivity contribution in [3.8, 4) is 0 Å². The molecular weight excluding hydrogens is 270 g/mol. The number of hydrazine groups is 1. The number of nitrogens with two attached hydrogens (primary N) is 2. The minimum Gasteiger partial charge on any atom is -0.368 e. The van der Waals surface area contributed by atoms with Crippen molar-refractivity contribution in [2.24, 2.45) is 17.5 Å². The average molecular weight is 293 g/mol. The summed E-state index contributed by atoms with van der Waals surface area (Å²) in [6.45, 7) is 7.55. The van der Waals surface area contributed by atoms with Crippen LogP contribution in [0, 0.1) is 5.92 Å². The summed E-state index contributed by atoms with van der Waals surface area (Å²) >= 11 is 0. The molecule has 0 bridgehead atoms. The zero-order valence-electron chi connectivity index (χ0n) is 12.8. The number of nitrogens with zero attached hydrogens (tertiary/aromatic N) is 1. The molecule has 0 aliphatic rings. The summed E-state index contributed by atoms with van der Waals surface area (Å²) in [7, 11) is 0. The van der Waals surface area contributed by atoms with Crippen LogP contribution < -0.4 is 22.3 Å². The number of carbonyl (C=O) groups is 2. The Bertz CT molecular complexity index is 528. The smallest absolute Gasteiger partial charge is 0.252 e. The lowest BCUT2D eigenvalue weighted by Gasteiger charge is -2.19. The van der Waals surface area contributed by atoms with E-state index >= 15 is 0 Å². The Hall–Kier alpha value is -2.15. The van der Waals surface area contributed by atoms with E-state index in [0.29, 0.717) is 11.4 Å². The highest BCUT2D eigenvalue weighted by atomic mass is 16.2. The molecule has 0 saturated carbocycles. The Labute approximate surface area is 124 Å². The molecule has 0 aliphatic heterocycles. The molecule has 1 aromatic heterocycles. The SMILES string of the molecule is CC(C)c1cc(C(=O)NC(C(N)=O)C(C)C)cc(NN)n1. The summed E-state index contributed by atoms with van der Waals surface area (Å²) in [4.78, 5) is 27.9. The number of pyridine rings is 1. The zero-order chi connectivity index (χ0) is 16.2. The first kappa shape index (κ1) is 16.9. The molecule has 1 unspecified atom stereocenters. The van der Waals surface area contributed by atoms with Gasteiger partial charge >= 0.3 is 0 Å². The monoisotopic (exact) mass is 293 g/mol. The van der Waals surface area contributed by atoms with E-state index in [1.165, 1.54) is 6.07 Å². The highest BCUT2D eigenvalue weighted by molar-refractivity contribution is 5.98. The van der Waals surface area contributed by atoms with Crippen molar-refractivity contribution in [1.82, 2.24) is 10.3 Å². The number of anilines is 1. The fourth-order valence-corrected chi connectivity index (χ4v) is 1.84. The molecule has 1 atom stereocenters. The molecule has 1 heterocycles. The summed E-state index contributed by atoms with van der Waals surface area (Å²) in [5, 5.41) is 2.64. The van der Waals surface area contributed by atoms with Gasteiger partial charge in [-0.2, -0.15) is 0 Å². The number of aromatic nitrogens is 1. The summed E-state index contributed by atoms with van der Waals surface area (Å²) in [6.07, 6.45) is 0. The lowest BCUT2D eigenvalue weighted by atomic mass is 10.0. The Balaban J connectivity index is 3.06. The quantitative estimate of drug-likeness (QED) is 0.455. The third-order valence-electron chi connectivity index (χ3n) is 3.11. The third-order valence-corrected chi connectivity index (χ3v) is 3.11. The van der Waals surface area contributed by atoms with Gasteiger partial charge in [-0.1, -0.05) is 27.7 Å². The number of hydrogen-bond donors (Lipinski definition) is 4. The molecule has 0 aliphatic carbocycles. The molecule has 1 aromatic rings. The second-order valence-electron chi connectivity index (χ2n) is 5.56. The predicted molar refractivity (Wildman–Crippen MR) is 81.4 cm³/mol. The van der Waals surface area contributed by atoms with E-state index in [1.54, 1.807) is 6.07 Å². The second-order valence-corrected chi connectivity index (χ2v) is 5.56. The summed E-state index contributed by atoms with van der Waals surface area (Å²) in [5.41, 5.74) is 8.85. The molecule has 0 fully saturated rings. The number of nitrogen functional groups attached to an aromatic ring is 1. The molecule has 7 nitrogen and oxygen atoms in total. The topological polar surface area (TPSA) is 123 Å². The van der Waals surface area contributed by atoms with Crippen molar-refractivity contribution in [3.05, 3.63) is 23.4 Å². The van der Waals surface area contributed by atoms with Crippen molar-refractivity contribution in [2.75, 3.05) is 5.43 Å². The summed E-state index contributed by atoms with van der Waals surface area (Å²) in [5.74, 6) is 4.87. The van der Waals surface area contributed by atoms with Crippen LogP contribution in [0.2, 0.25) is 0 Å². The van der Waals surface area contributed by atoms with Gasteiger partial charge in [0.25, 0.3) is 5.91 Å². The van der Waals surface area contributed by atoms with E-state index < -0.39 is 11.9 Å². The number of carbonyl (C=O) groups excluding carboxylic acids is 2. The van der Waals surface area contributed by atoms with Crippen molar-refractivity contribution >= 4 is 17.6 Å². The fraction of sp³-hybridized carbons (Fsp3) is 0.500. The standard InChI is InChI=1S/C14H23N5O2/c1-7(2)10-5-9(6-11(17-10)19-16)14(21)18-12(8(3)4)13(15)20/h5-8,12H,16H2,1-4H3,(H2,15,20)(H,17,19)(H,18,21). The third kappa shape index (κ3) is 4.42. The number of nitrogens with one attached hydrogen (secondary N) is 2. The molecule has 6 N–H and O–H groups in total. The summed E-state index contributed by atoms with van der Waals surface area (Å²) in [6, 6.07) is 2.49. The van der Waals surface area contributed by atoms with Crippen LogP contribution in [0.1, 0.15) is 49.7 Å². The van der Waals surface area contributed by atoms with Gasteiger partial charge in [0, 0.05) is 11.3 Å². The van der Waals surface area contributed by atoms with Crippen LogP contribution >= 0.6 is 0 Å². The lowest BCUT2D eigenvalue weighted by molar-refractivity contribution is -0.120. The van der Waals surface area contributed by atoms with Crippen molar-refractivity contribution in [3.63, 3.8) is 0 Å². The van der Waals surface area contributed by atoms with Crippen molar-refractivity contribution < 1.29 is 9.59 Å². The number of primary amides is 1. The van der Waals surface area contributed by atoms with E-state index in [1.807, 2.05) is 27.7 Å². The van der Waals surface area contributed by atoms with E-state index in [9.17, 15) is 9.59 Å². The van der Waals surface area contributed by atoms with Gasteiger partial charge in [-0.05, 0) is 24.0 Å². The maximum atomic E-state index is 12.3. The highest BCUT2D eigenvalue weighted by Gasteiger charge is 2.23.